The first-order valence-corrected chi connectivity index (χ1v) is 7.96. The van der Waals surface area contributed by atoms with Crippen molar-refractivity contribution in [1.82, 2.24) is 5.32 Å². The average molecular weight is 333 g/mol. The van der Waals surface area contributed by atoms with E-state index in [2.05, 4.69) is 54.2 Å². The summed E-state index contributed by atoms with van der Waals surface area (Å²) in [5.74, 6) is 0.713. The van der Waals surface area contributed by atoms with Gasteiger partial charge in [-0.1, -0.05) is 67.2 Å². The van der Waals surface area contributed by atoms with Gasteiger partial charge in [-0.05, 0) is 36.6 Å². The Balaban J connectivity index is 2.82. The van der Waals surface area contributed by atoms with Crippen molar-refractivity contribution in [3.05, 3.63) is 33.3 Å². The molecule has 1 aromatic carbocycles. The molecule has 0 heterocycles. The molecule has 0 aliphatic heterocycles. The lowest BCUT2D eigenvalue weighted by Crippen LogP contribution is -2.37. The van der Waals surface area contributed by atoms with Crippen LogP contribution in [0.5, 0.6) is 0 Å². The van der Waals surface area contributed by atoms with Crippen LogP contribution in [0.25, 0.3) is 0 Å². The quantitative estimate of drug-likeness (QED) is 0.736. The Morgan fingerprint density at radius 2 is 1.89 bits per heavy atom. The monoisotopic (exact) mass is 331 g/mol. The largest absolute Gasteiger partial charge is 0.314 e. The summed E-state index contributed by atoms with van der Waals surface area (Å²) in [6.45, 7) is 7.71. The normalized spacial score (nSPS) is 13.0. The van der Waals surface area contributed by atoms with Crippen molar-refractivity contribution in [3.63, 3.8) is 0 Å². The predicted octanol–water partition coefficient (Wildman–Crippen LogP) is 5.06. The molecule has 0 aromatic heterocycles. The molecule has 1 rings (SSSR count). The van der Waals surface area contributed by atoms with Gasteiger partial charge in [0.05, 0.1) is 0 Å². The zero-order chi connectivity index (χ0) is 13.5. The minimum Gasteiger partial charge on any atom is -0.314 e. The summed E-state index contributed by atoms with van der Waals surface area (Å²) >= 11 is 9.76. The van der Waals surface area contributed by atoms with Crippen LogP contribution < -0.4 is 5.32 Å². The molecule has 0 aliphatic rings. The van der Waals surface area contributed by atoms with Crippen LogP contribution in [0.1, 0.15) is 39.2 Å². The molecule has 0 bridgehead atoms. The Hall–Kier alpha value is -0.0500. The van der Waals surface area contributed by atoms with Gasteiger partial charge in [0.25, 0.3) is 0 Å². The van der Waals surface area contributed by atoms with E-state index in [1.807, 2.05) is 6.07 Å². The fourth-order valence-electron chi connectivity index (χ4n) is 2.45. The van der Waals surface area contributed by atoms with E-state index in [1.165, 1.54) is 18.4 Å². The summed E-state index contributed by atoms with van der Waals surface area (Å²) in [7, 11) is 0. The maximum absolute atomic E-state index is 6.31. The summed E-state index contributed by atoms with van der Waals surface area (Å²) in [5, 5.41) is 4.46. The highest BCUT2D eigenvalue weighted by atomic mass is 79.9. The molecule has 1 unspecified atom stereocenters. The van der Waals surface area contributed by atoms with Gasteiger partial charge in [-0.3, -0.25) is 0 Å². The van der Waals surface area contributed by atoms with Crippen LogP contribution in [0.2, 0.25) is 5.02 Å². The molecule has 18 heavy (non-hydrogen) atoms. The molecule has 0 radical (unpaired) electrons. The van der Waals surface area contributed by atoms with Crippen molar-refractivity contribution < 1.29 is 0 Å². The van der Waals surface area contributed by atoms with Crippen LogP contribution in [0.4, 0.5) is 0 Å². The van der Waals surface area contributed by atoms with E-state index in [0.717, 1.165) is 22.5 Å². The zero-order valence-corrected chi connectivity index (χ0v) is 13.8. The minimum absolute atomic E-state index is 0.517. The number of hydrogen-bond acceptors (Lipinski definition) is 1. The maximum Gasteiger partial charge on any atom is 0.0449 e. The van der Waals surface area contributed by atoms with Gasteiger partial charge in [-0.2, -0.15) is 0 Å². The van der Waals surface area contributed by atoms with Gasteiger partial charge in [0, 0.05) is 15.5 Å². The molecule has 0 saturated carbocycles. The molecule has 1 atom stereocenters. The first-order chi connectivity index (χ1) is 8.62. The lowest BCUT2D eigenvalue weighted by molar-refractivity contribution is 0.337. The van der Waals surface area contributed by atoms with Gasteiger partial charge >= 0.3 is 0 Å². The molecule has 0 saturated heterocycles. The number of hydrogen-bond donors (Lipinski definition) is 1. The van der Waals surface area contributed by atoms with E-state index in [4.69, 9.17) is 11.6 Å². The van der Waals surface area contributed by atoms with E-state index in [-0.39, 0.29) is 0 Å². The first-order valence-electron chi connectivity index (χ1n) is 6.79. The van der Waals surface area contributed by atoms with Crippen LogP contribution in [0.3, 0.4) is 0 Å². The second-order valence-corrected chi connectivity index (χ2v) is 6.00. The molecule has 102 valence electrons. The SMILES string of the molecule is CCNC(Cc1ccc(Br)cc1Cl)C(CC)CC. The molecule has 1 nitrogen and oxygen atoms in total. The lowest BCUT2D eigenvalue weighted by atomic mass is 9.89. The lowest BCUT2D eigenvalue weighted by Gasteiger charge is -2.26. The van der Waals surface area contributed by atoms with Gasteiger partial charge in [0.1, 0.15) is 0 Å². The maximum atomic E-state index is 6.31. The van der Waals surface area contributed by atoms with E-state index >= 15 is 0 Å². The highest BCUT2D eigenvalue weighted by Gasteiger charge is 2.18. The first kappa shape index (κ1) is 16.0. The molecule has 0 spiro atoms. The van der Waals surface area contributed by atoms with Crippen molar-refractivity contribution in [2.75, 3.05) is 6.54 Å². The van der Waals surface area contributed by atoms with Crippen LogP contribution in [-0.2, 0) is 6.42 Å². The van der Waals surface area contributed by atoms with Crippen LogP contribution in [0, 0.1) is 5.92 Å². The van der Waals surface area contributed by atoms with Gasteiger partial charge < -0.3 is 5.32 Å². The van der Waals surface area contributed by atoms with Crippen molar-refractivity contribution in [1.29, 1.82) is 0 Å². The molecule has 1 aromatic rings. The van der Waals surface area contributed by atoms with E-state index in [9.17, 15) is 0 Å². The number of nitrogens with one attached hydrogen (secondary N) is 1. The summed E-state index contributed by atoms with van der Waals surface area (Å²) in [6, 6.07) is 6.69. The van der Waals surface area contributed by atoms with Gasteiger partial charge in [-0.15, -0.1) is 0 Å². The summed E-state index contributed by atoms with van der Waals surface area (Å²) in [6.07, 6.45) is 3.43. The van der Waals surface area contributed by atoms with E-state index in [0.29, 0.717) is 12.0 Å². The predicted molar refractivity (Wildman–Crippen MR) is 84.4 cm³/mol. The summed E-state index contributed by atoms with van der Waals surface area (Å²) in [4.78, 5) is 0. The van der Waals surface area contributed by atoms with E-state index < -0.39 is 0 Å². The van der Waals surface area contributed by atoms with E-state index in [1.54, 1.807) is 0 Å². The Bertz CT molecular complexity index is 364. The fraction of sp³-hybridized carbons (Fsp3) is 0.600. The van der Waals surface area contributed by atoms with Crippen LogP contribution in [0.15, 0.2) is 22.7 Å². The van der Waals surface area contributed by atoms with Crippen LogP contribution >= 0.6 is 27.5 Å². The molecule has 0 fully saturated rings. The second kappa shape index (κ2) is 8.19. The molecule has 1 N–H and O–H groups in total. The smallest absolute Gasteiger partial charge is 0.0449 e. The Morgan fingerprint density at radius 3 is 2.39 bits per heavy atom. The van der Waals surface area contributed by atoms with Crippen LogP contribution in [-0.4, -0.2) is 12.6 Å². The topological polar surface area (TPSA) is 12.0 Å². The Labute approximate surface area is 124 Å². The van der Waals surface area contributed by atoms with Gasteiger partial charge in [0.2, 0.25) is 0 Å². The highest BCUT2D eigenvalue weighted by molar-refractivity contribution is 9.10. The second-order valence-electron chi connectivity index (χ2n) is 4.68. The average Bonchev–Trinajstić information content (AvgIpc) is 2.34. The highest BCUT2D eigenvalue weighted by Crippen LogP contribution is 2.25. The third-order valence-corrected chi connectivity index (χ3v) is 4.38. The molecule has 0 amide bonds. The Morgan fingerprint density at radius 1 is 1.22 bits per heavy atom. The van der Waals surface area contributed by atoms with Crippen molar-refractivity contribution in [3.8, 4) is 0 Å². The minimum atomic E-state index is 0.517. The molecule has 3 heteroatoms. The Kier molecular flexibility index (Phi) is 7.28. The third kappa shape index (κ3) is 4.56. The number of halogens is 2. The van der Waals surface area contributed by atoms with Gasteiger partial charge in [-0.25, -0.2) is 0 Å². The number of likely N-dealkylation sites (N-methyl/N-ethyl adjacent to an activating group) is 1. The fourth-order valence-corrected chi connectivity index (χ4v) is 3.20. The molecular weight excluding hydrogens is 310 g/mol. The van der Waals surface area contributed by atoms with Crippen molar-refractivity contribution >= 4 is 27.5 Å². The summed E-state index contributed by atoms with van der Waals surface area (Å²) < 4.78 is 1.04. The van der Waals surface area contributed by atoms with Crippen molar-refractivity contribution in [2.24, 2.45) is 5.92 Å². The summed E-state index contributed by atoms with van der Waals surface area (Å²) in [5.41, 5.74) is 1.23. The molecule has 0 aliphatic carbocycles. The van der Waals surface area contributed by atoms with Crippen molar-refractivity contribution in [2.45, 2.75) is 46.1 Å². The zero-order valence-electron chi connectivity index (χ0n) is 11.5. The standard InChI is InChI=1S/C15H23BrClN/c1-4-11(5-2)15(18-6-3)9-12-7-8-13(16)10-14(12)17/h7-8,10-11,15,18H,4-6,9H2,1-3H3. The van der Waals surface area contributed by atoms with Gasteiger partial charge in [0.15, 0.2) is 0 Å². The number of benzene rings is 1. The number of rotatable bonds is 7. The molecular formula is C15H23BrClN. The third-order valence-electron chi connectivity index (χ3n) is 3.54.